The zero-order valence-electron chi connectivity index (χ0n) is 10.4. The molecule has 1 aromatic heterocycles. The van der Waals surface area contributed by atoms with Crippen molar-refractivity contribution in [2.24, 2.45) is 0 Å². The van der Waals surface area contributed by atoms with Crippen molar-refractivity contribution in [3.05, 3.63) is 35.3 Å². The molecule has 0 bridgehead atoms. The quantitative estimate of drug-likeness (QED) is 0.877. The molecule has 0 aliphatic carbocycles. The Labute approximate surface area is 121 Å². The molecule has 2 rings (SSSR count). The molecule has 2 N–H and O–H groups in total. The summed E-state index contributed by atoms with van der Waals surface area (Å²) < 4.78 is 0. The van der Waals surface area contributed by atoms with Crippen molar-refractivity contribution >= 4 is 29.7 Å². The first-order valence-electron chi connectivity index (χ1n) is 5.58. The van der Waals surface area contributed by atoms with Gasteiger partial charge >= 0.3 is 0 Å². The van der Waals surface area contributed by atoms with Gasteiger partial charge in [-0.05, 0) is 7.05 Å². The number of hydrogen-bond acceptors (Lipinski definition) is 5. The predicted molar refractivity (Wildman–Crippen MR) is 78.4 cm³/mol. The largest absolute Gasteiger partial charge is 0.348 e. The minimum atomic E-state index is -0.0473. The molecule has 1 aromatic carbocycles. The summed E-state index contributed by atoms with van der Waals surface area (Å²) in [6.07, 6.45) is 0. The molecule has 0 unspecified atom stereocenters. The number of aromatic nitrogens is 2. The van der Waals surface area contributed by atoms with E-state index < -0.39 is 0 Å². The van der Waals surface area contributed by atoms with Crippen LogP contribution < -0.4 is 10.6 Å². The maximum absolute atomic E-state index is 11.3. The smallest absolute Gasteiger partial charge is 0.234 e. The van der Waals surface area contributed by atoms with E-state index in [0.717, 1.165) is 15.6 Å². The number of likely N-dealkylation sites (N-methyl/N-ethyl adjacent to an activating group) is 1. The highest BCUT2D eigenvalue weighted by Crippen LogP contribution is 2.22. The van der Waals surface area contributed by atoms with E-state index >= 15 is 0 Å². The highest BCUT2D eigenvalue weighted by atomic mass is 35.5. The Balaban J connectivity index is 0.00000180. The molecule has 19 heavy (non-hydrogen) atoms. The molecule has 7 heteroatoms. The molecule has 1 amide bonds. The van der Waals surface area contributed by atoms with Crippen molar-refractivity contribution in [3.63, 3.8) is 0 Å². The number of rotatable bonds is 5. The fourth-order valence-electron chi connectivity index (χ4n) is 1.42. The first-order chi connectivity index (χ1) is 8.79. The van der Waals surface area contributed by atoms with E-state index in [1.54, 1.807) is 7.05 Å². The van der Waals surface area contributed by atoms with Crippen LogP contribution in [-0.4, -0.2) is 29.7 Å². The summed E-state index contributed by atoms with van der Waals surface area (Å²) in [4.78, 5) is 11.3. The van der Waals surface area contributed by atoms with Crippen LogP contribution in [0.4, 0.5) is 0 Å². The third-order valence-corrected chi connectivity index (χ3v) is 3.23. The monoisotopic (exact) mass is 298 g/mol. The fraction of sp³-hybridized carbons (Fsp3) is 0.250. The fourth-order valence-corrected chi connectivity index (χ4v) is 2.20. The first kappa shape index (κ1) is 15.6. The molecule has 5 nitrogen and oxygen atoms in total. The predicted octanol–water partition coefficient (Wildman–Crippen LogP) is 1.46. The number of nitrogens with one attached hydrogen (secondary N) is 2. The lowest BCUT2D eigenvalue weighted by Crippen LogP contribution is -2.31. The molecule has 0 aliphatic rings. The van der Waals surface area contributed by atoms with Crippen LogP contribution in [0.1, 0.15) is 5.01 Å². The first-order valence-corrected chi connectivity index (χ1v) is 6.40. The molecule has 1 heterocycles. The summed E-state index contributed by atoms with van der Waals surface area (Å²) in [5.41, 5.74) is 1.04. The SMILES string of the molecule is CNCC(=O)NCc1nnc(-c2ccccc2)s1.Cl. The van der Waals surface area contributed by atoms with Crippen molar-refractivity contribution < 1.29 is 4.79 Å². The summed E-state index contributed by atoms with van der Waals surface area (Å²) in [5, 5.41) is 15.4. The summed E-state index contributed by atoms with van der Waals surface area (Å²) >= 11 is 1.49. The Morgan fingerprint density at radius 3 is 2.68 bits per heavy atom. The van der Waals surface area contributed by atoms with Crippen LogP contribution in [0.5, 0.6) is 0 Å². The Morgan fingerprint density at radius 1 is 1.26 bits per heavy atom. The minimum Gasteiger partial charge on any atom is -0.348 e. The van der Waals surface area contributed by atoms with E-state index in [2.05, 4.69) is 20.8 Å². The zero-order valence-corrected chi connectivity index (χ0v) is 12.1. The van der Waals surface area contributed by atoms with Gasteiger partial charge in [-0.2, -0.15) is 0 Å². The van der Waals surface area contributed by atoms with Crippen LogP contribution in [0.15, 0.2) is 30.3 Å². The third kappa shape index (κ3) is 4.59. The van der Waals surface area contributed by atoms with Crippen LogP contribution in [0.3, 0.4) is 0 Å². The van der Waals surface area contributed by atoms with Gasteiger partial charge < -0.3 is 10.6 Å². The lowest BCUT2D eigenvalue weighted by molar-refractivity contribution is -0.120. The number of nitrogens with zero attached hydrogens (tertiary/aromatic N) is 2. The number of amides is 1. The Kier molecular flexibility index (Phi) is 6.41. The summed E-state index contributed by atoms with van der Waals surface area (Å²) in [5.74, 6) is -0.0473. The minimum absolute atomic E-state index is 0. The van der Waals surface area contributed by atoms with Crippen LogP contribution >= 0.6 is 23.7 Å². The highest BCUT2D eigenvalue weighted by molar-refractivity contribution is 7.14. The second-order valence-corrected chi connectivity index (χ2v) is 4.74. The number of hydrogen-bond donors (Lipinski definition) is 2. The molecule has 2 aromatic rings. The Bertz CT molecular complexity index is 517. The number of benzene rings is 1. The van der Waals surface area contributed by atoms with Crippen LogP contribution in [0, 0.1) is 0 Å². The molecule has 0 saturated carbocycles. The Morgan fingerprint density at radius 2 is 2.00 bits per heavy atom. The van der Waals surface area contributed by atoms with E-state index in [4.69, 9.17) is 0 Å². The number of carbonyl (C=O) groups excluding carboxylic acids is 1. The van der Waals surface area contributed by atoms with Crippen molar-refractivity contribution in [2.45, 2.75) is 6.54 Å². The van der Waals surface area contributed by atoms with E-state index in [1.165, 1.54) is 11.3 Å². The van der Waals surface area contributed by atoms with Gasteiger partial charge in [0.2, 0.25) is 5.91 Å². The molecule has 102 valence electrons. The van der Waals surface area contributed by atoms with E-state index in [0.29, 0.717) is 13.1 Å². The maximum atomic E-state index is 11.3. The van der Waals surface area contributed by atoms with Gasteiger partial charge in [0.05, 0.1) is 13.1 Å². The zero-order chi connectivity index (χ0) is 12.8. The molecule has 0 aliphatic heterocycles. The van der Waals surface area contributed by atoms with Gasteiger partial charge in [-0.3, -0.25) is 4.79 Å². The normalized spacial score (nSPS) is 9.74. The Hall–Kier alpha value is -1.50. The van der Waals surface area contributed by atoms with Gasteiger partial charge in [0.15, 0.2) is 0 Å². The average Bonchev–Trinajstić information content (AvgIpc) is 2.87. The third-order valence-electron chi connectivity index (χ3n) is 2.26. The van der Waals surface area contributed by atoms with Gasteiger partial charge in [-0.25, -0.2) is 0 Å². The molecule has 0 radical (unpaired) electrons. The van der Waals surface area contributed by atoms with Crippen LogP contribution in [0.25, 0.3) is 10.6 Å². The van der Waals surface area contributed by atoms with Crippen molar-refractivity contribution in [1.29, 1.82) is 0 Å². The molecular formula is C12H15ClN4OS. The van der Waals surface area contributed by atoms with Crippen molar-refractivity contribution in [1.82, 2.24) is 20.8 Å². The molecule has 0 spiro atoms. The molecule has 0 atom stereocenters. The molecule has 0 fully saturated rings. The van der Waals surface area contributed by atoms with Gasteiger partial charge in [0, 0.05) is 5.56 Å². The van der Waals surface area contributed by atoms with Crippen LogP contribution in [0.2, 0.25) is 0 Å². The second-order valence-electron chi connectivity index (χ2n) is 3.67. The van der Waals surface area contributed by atoms with E-state index in [9.17, 15) is 4.79 Å². The number of carbonyl (C=O) groups is 1. The lowest BCUT2D eigenvalue weighted by Gasteiger charge is -2.00. The molecule has 0 saturated heterocycles. The molecular weight excluding hydrogens is 284 g/mol. The topological polar surface area (TPSA) is 66.9 Å². The van der Waals surface area contributed by atoms with Gasteiger partial charge in [0.25, 0.3) is 0 Å². The summed E-state index contributed by atoms with van der Waals surface area (Å²) in [6, 6.07) is 9.87. The average molecular weight is 299 g/mol. The second kappa shape index (κ2) is 7.83. The van der Waals surface area contributed by atoms with Crippen molar-refractivity contribution in [2.75, 3.05) is 13.6 Å². The lowest BCUT2D eigenvalue weighted by atomic mass is 10.2. The van der Waals surface area contributed by atoms with Gasteiger partial charge in [0.1, 0.15) is 10.0 Å². The van der Waals surface area contributed by atoms with Gasteiger partial charge in [-0.1, -0.05) is 41.7 Å². The highest BCUT2D eigenvalue weighted by Gasteiger charge is 2.07. The number of halogens is 1. The van der Waals surface area contributed by atoms with Crippen LogP contribution in [-0.2, 0) is 11.3 Å². The van der Waals surface area contributed by atoms with Gasteiger partial charge in [-0.15, -0.1) is 22.6 Å². The maximum Gasteiger partial charge on any atom is 0.234 e. The standard InChI is InChI=1S/C12H14N4OS.ClH/c1-13-7-10(17)14-8-11-15-16-12(18-11)9-5-3-2-4-6-9;/h2-6,13H,7-8H2,1H3,(H,14,17);1H. The summed E-state index contributed by atoms with van der Waals surface area (Å²) in [6.45, 7) is 0.732. The van der Waals surface area contributed by atoms with Crippen molar-refractivity contribution in [3.8, 4) is 10.6 Å². The van der Waals surface area contributed by atoms with E-state index in [-0.39, 0.29) is 18.3 Å². The summed E-state index contributed by atoms with van der Waals surface area (Å²) in [7, 11) is 1.73. The van der Waals surface area contributed by atoms with E-state index in [1.807, 2.05) is 30.3 Å².